The van der Waals surface area contributed by atoms with Crippen molar-refractivity contribution in [2.75, 3.05) is 13.1 Å². The van der Waals surface area contributed by atoms with Crippen molar-refractivity contribution in [3.8, 4) is 0 Å². The van der Waals surface area contributed by atoms with E-state index < -0.39 is 35.0 Å². The van der Waals surface area contributed by atoms with E-state index in [9.17, 15) is 36.2 Å². The number of halogens is 6. The van der Waals surface area contributed by atoms with E-state index in [2.05, 4.69) is 9.88 Å². The van der Waals surface area contributed by atoms with E-state index >= 15 is 0 Å². The number of carbonyl (C=O) groups excluding carboxylic acids is 1. The summed E-state index contributed by atoms with van der Waals surface area (Å²) in [5, 5.41) is 12.1. The summed E-state index contributed by atoms with van der Waals surface area (Å²) in [4.78, 5) is 18.8. The second-order valence-corrected chi connectivity index (χ2v) is 10.7. The molecule has 1 N–H and O–H groups in total. The van der Waals surface area contributed by atoms with Crippen LogP contribution in [0.15, 0.2) is 97.3 Å². The second-order valence-electron chi connectivity index (χ2n) is 10.7. The molecule has 2 heterocycles. The molecule has 1 fully saturated rings. The van der Waals surface area contributed by atoms with E-state index in [0.717, 1.165) is 29.8 Å². The van der Waals surface area contributed by atoms with Crippen LogP contribution in [-0.4, -0.2) is 33.9 Å². The minimum Gasteiger partial charge on any atom is -0.380 e. The number of pyridine rings is 1. The van der Waals surface area contributed by atoms with Crippen LogP contribution in [0.3, 0.4) is 0 Å². The van der Waals surface area contributed by atoms with Gasteiger partial charge in [0, 0.05) is 30.1 Å². The molecule has 224 valence electrons. The predicted octanol–water partition coefficient (Wildman–Crippen LogP) is 7.50. The van der Waals surface area contributed by atoms with Crippen LogP contribution in [0, 0.1) is 5.92 Å². The summed E-state index contributed by atoms with van der Waals surface area (Å²) in [6, 6.07) is 18.9. The van der Waals surface area contributed by atoms with Crippen LogP contribution in [0.1, 0.15) is 56.6 Å². The first-order valence-corrected chi connectivity index (χ1v) is 13.7. The fraction of sp³-hybridized carbons (Fsp3) is 0.273. The van der Waals surface area contributed by atoms with Gasteiger partial charge in [-0.3, -0.25) is 14.7 Å². The van der Waals surface area contributed by atoms with E-state index in [-0.39, 0.29) is 16.9 Å². The standard InChI is InChI=1S/C33H28F6N2O2/c34-32(35,36)28-11-7-25(8-12-28)31(43,26-9-13-29(14-10-26)33(37,38)39)27-15-18-41(19-16-27)21-22-3-5-23(6-4-22)30(42)24-2-1-17-40-20-24/h1-14,17,20,27,43H,15-16,18-19,21H2. The summed E-state index contributed by atoms with van der Waals surface area (Å²) in [7, 11) is 0. The number of nitrogens with zero attached hydrogens (tertiary/aromatic N) is 2. The third-order valence-corrected chi connectivity index (χ3v) is 8.03. The van der Waals surface area contributed by atoms with Crippen molar-refractivity contribution in [1.29, 1.82) is 0 Å². The predicted molar refractivity (Wildman–Crippen MR) is 148 cm³/mol. The van der Waals surface area contributed by atoms with Crippen molar-refractivity contribution >= 4 is 5.78 Å². The molecular weight excluding hydrogens is 570 g/mol. The Hall–Kier alpha value is -4.02. The Balaban J connectivity index is 1.33. The Morgan fingerprint density at radius 2 is 1.21 bits per heavy atom. The zero-order valence-electron chi connectivity index (χ0n) is 22.9. The van der Waals surface area contributed by atoms with Crippen molar-refractivity contribution in [3.63, 3.8) is 0 Å². The highest BCUT2D eigenvalue weighted by atomic mass is 19.4. The van der Waals surface area contributed by atoms with E-state index in [1.165, 1.54) is 30.5 Å². The number of carbonyl (C=O) groups is 1. The number of aromatic nitrogens is 1. The van der Waals surface area contributed by atoms with Crippen molar-refractivity contribution in [3.05, 3.63) is 136 Å². The summed E-state index contributed by atoms with van der Waals surface area (Å²) in [6.45, 7) is 1.67. The topological polar surface area (TPSA) is 53.4 Å². The zero-order chi connectivity index (χ0) is 30.8. The average Bonchev–Trinajstić information content (AvgIpc) is 3.01. The van der Waals surface area contributed by atoms with Gasteiger partial charge in [-0.2, -0.15) is 26.3 Å². The molecule has 0 saturated carbocycles. The second kappa shape index (κ2) is 11.9. The fourth-order valence-corrected chi connectivity index (χ4v) is 5.66. The molecule has 5 rings (SSSR count). The van der Waals surface area contributed by atoms with Gasteiger partial charge in [0.1, 0.15) is 5.60 Å². The van der Waals surface area contributed by atoms with Crippen molar-refractivity contribution in [2.45, 2.75) is 37.3 Å². The molecule has 1 aliphatic heterocycles. The van der Waals surface area contributed by atoms with Gasteiger partial charge in [0.05, 0.1) is 11.1 Å². The number of hydrogen-bond acceptors (Lipinski definition) is 4. The molecule has 0 bridgehead atoms. The number of likely N-dealkylation sites (tertiary alicyclic amines) is 1. The Morgan fingerprint density at radius 1 is 0.721 bits per heavy atom. The number of piperidine rings is 1. The monoisotopic (exact) mass is 598 g/mol. The van der Waals surface area contributed by atoms with Crippen LogP contribution in [0.4, 0.5) is 26.3 Å². The highest BCUT2D eigenvalue weighted by Gasteiger charge is 2.43. The van der Waals surface area contributed by atoms with Crippen molar-refractivity contribution in [2.24, 2.45) is 5.92 Å². The SMILES string of the molecule is O=C(c1ccc(CN2CCC(C(O)(c3ccc(C(F)(F)F)cc3)c3ccc(C(F)(F)F)cc3)CC2)cc1)c1cccnc1. The highest BCUT2D eigenvalue weighted by Crippen LogP contribution is 2.44. The van der Waals surface area contributed by atoms with Gasteiger partial charge in [0.15, 0.2) is 5.78 Å². The number of benzene rings is 3. The Bertz CT molecular complexity index is 1470. The van der Waals surface area contributed by atoms with Gasteiger partial charge >= 0.3 is 12.4 Å². The summed E-state index contributed by atoms with van der Waals surface area (Å²) in [5.41, 5.74) is -1.18. The smallest absolute Gasteiger partial charge is 0.380 e. The van der Waals surface area contributed by atoms with Crippen molar-refractivity contribution in [1.82, 2.24) is 9.88 Å². The van der Waals surface area contributed by atoms with Gasteiger partial charge in [-0.25, -0.2) is 0 Å². The van der Waals surface area contributed by atoms with E-state index in [4.69, 9.17) is 0 Å². The molecule has 1 aromatic heterocycles. The third-order valence-electron chi connectivity index (χ3n) is 8.03. The van der Waals surface area contributed by atoms with Gasteiger partial charge in [-0.1, -0.05) is 48.5 Å². The Morgan fingerprint density at radius 3 is 1.65 bits per heavy atom. The van der Waals surface area contributed by atoms with Gasteiger partial charge in [0.25, 0.3) is 0 Å². The maximum Gasteiger partial charge on any atom is 0.416 e. The molecule has 1 saturated heterocycles. The van der Waals surface area contributed by atoms with E-state index in [1.807, 2.05) is 12.1 Å². The van der Waals surface area contributed by atoms with E-state index in [0.29, 0.717) is 43.6 Å². The lowest BCUT2D eigenvalue weighted by atomic mass is 9.71. The molecule has 10 heteroatoms. The van der Waals surface area contributed by atoms with Crippen LogP contribution < -0.4 is 0 Å². The van der Waals surface area contributed by atoms with E-state index in [1.54, 1.807) is 30.5 Å². The molecular formula is C33H28F6N2O2. The number of alkyl halides is 6. The first kappa shape index (κ1) is 30.4. The quantitative estimate of drug-likeness (QED) is 0.177. The Labute approximate surface area is 244 Å². The summed E-state index contributed by atoms with van der Waals surface area (Å²) >= 11 is 0. The molecule has 0 aliphatic carbocycles. The molecule has 3 aromatic carbocycles. The largest absolute Gasteiger partial charge is 0.416 e. The first-order chi connectivity index (χ1) is 20.4. The summed E-state index contributed by atoms with van der Waals surface area (Å²) < 4.78 is 79.3. The molecule has 1 aliphatic rings. The summed E-state index contributed by atoms with van der Waals surface area (Å²) in [5.74, 6) is -0.594. The maximum atomic E-state index is 13.2. The molecule has 4 nitrogen and oxygen atoms in total. The average molecular weight is 599 g/mol. The van der Waals surface area contributed by atoms with Crippen LogP contribution >= 0.6 is 0 Å². The highest BCUT2D eigenvalue weighted by molar-refractivity contribution is 6.08. The van der Waals surface area contributed by atoms with Gasteiger partial charge in [-0.05, 0) is 84.9 Å². The van der Waals surface area contributed by atoms with Gasteiger partial charge < -0.3 is 5.11 Å². The lowest BCUT2D eigenvalue weighted by Crippen LogP contribution is -2.44. The molecule has 0 amide bonds. The third kappa shape index (κ3) is 6.65. The fourth-order valence-electron chi connectivity index (χ4n) is 5.66. The van der Waals surface area contributed by atoms with Crippen LogP contribution in [0.5, 0.6) is 0 Å². The molecule has 0 atom stereocenters. The normalized spacial score (nSPS) is 15.4. The number of rotatable bonds is 7. The molecule has 0 radical (unpaired) electrons. The first-order valence-electron chi connectivity index (χ1n) is 13.7. The van der Waals surface area contributed by atoms with Crippen LogP contribution in [0.2, 0.25) is 0 Å². The van der Waals surface area contributed by atoms with Gasteiger partial charge in [-0.15, -0.1) is 0 Å². The maximum absolute atomic E-state index is 13.2. The lowest BCUT2D eigenvalue weighted by Gasteiger charge is -2.42. The van der Waals surface area contributed by atoms with Crippen LogP contribution in [0.25, 0.3) is 0 Å². The number of aliphatic hydroxyl groups is 1. The minimum absolute atomic E-state index is 0.133. The van der Waals surface area contributed by atoms with Crippen molar-refractivity contribution < 1.29 is 36.2 Å². The molecule has 0 spiro atoms. The molecule has 43 heavy (non-hydrogen) atoms. The number of ketones is 1. The lowest BCUT2D eigenvalue weighted by molar-refractivity contribution is -0.138. The number of hydrogen-bond donors (Lipinski definition) is 1. The summed E-state index contributed by atoms with van der Waals surface area (Å²) in [6.07, 6.45) is -5.12. The van der Waals surface area contributed by atoms with Gasteiger partial charge in [0.2, 0.25) is 0 Å². The zero-order valence-corrected chi connectivity index (χ0v) is 22.9. The molecule has 4 aromatic rings. The Kier molecular flexibility index (Phi) is 8.45. The van der Waals surface area contributed by atoms with Crippen LogP contribution in [-0.2, 0) is 24.5 Å². The molecule has 0 unspecified atom stereocenters. The minimum atomic E-state index is -4.57.